The van der Waals surface area contributed by atoms with Crippen molar-refractivity contribution in [3.63, 3.8) is 0 Å². The highest BCUT2D eigenvalue weighted by atomic mass is 31.2. The number of phenols is 1. The van der Waals surface area contributed by atoms with Gasteiger partial charge in [-0.05, 0) is 24.1 Å². The van der Waals surface area contributed by atoms with Crippen molar-refractivity contribution in [1.29, 1.82) is 0 Å². The topological polar surface area (TPSA) is 139 Å². The standard InChI is InChI=1S/C10H17NO7P2/c12-10-3-1-9(2-4-10)5-6-11(7-19(13,14)15)8-20(16,17)18/h1-4,12H,5-8H2,(H2,13,14,15)(H2,16,17,18). The van der Waals surface area contributed by atoms with Crippen LogP contribution < -0.4 is 0 Å². The number of benzene rings is 1. The fourth-order valence-electron chi connectivity index (χ4n) is 1.66. The van der Waals surface area contributed by atoms with Crippen LogP contribution in [0.5, 0.6) is 5.75 Å². The van der Waals surface area contributed by atoms with Crippen LogP contribution in [0, 0.1) is 0 Å². The van der Waals surface area contributed by atoms with E-state index in [1.807, 2.05) is 0 Å². The average molecular weight is 325 g/mol. The molecule has 8 nitrogen and oxygen atoms in total. The summed E-state index contributed by atoms with van der Waals surface area (Å²) in [5.41, 5.74) is 0.782. The van der Waals surface area contributed by atoms with E-state index in [1.165, 1.54) is 12.1 Å². The van der Waals surface area contributed by atoms with E-state index in [-0.39, 0.29) is 12.3 Å². The van der Waals surface area contributed by atoms with Gasteiger partial charge < -0.3 is 24.7 Å². The van der Waals surface area contributed by atoms with Crippen LogP contribution in [0.25, 0.3) is 0 Å². The minimum atomic E-state index is -4.39. The van der Waals surface area contributed by atoms with Crippen molar-refractivity contribution in [2.45, 2.75) is 6.42 Å². The van der Waals surface area contributed by atoms with Gasteiger partial charge in [0.15, 0.2) is 0 Å². The highest BCUT2D eigenvalue weighted by molar-refractivity contribution is 7.52. The number of nitrogens with zero attached hydrogens (tertiary/aromatic N) is 1. The molecule has 0 radical (unpaired) electrons. The molecule has 0 aliphatic carbocycles. The quantitative estimate of drug-likeness (QED) is 0.457. The predicted octanol–water partition coefficient (Wildman–Crippen LogP) is 0.507. The fraction of sp³-hybridized carbons (Fsp3) is 0.400. The molecule has 0 bridgehead atoms. The third-order valence-corrected chi connectivity index (χ3v) is 3.96. The van der Waals surface area contributed by atoms with Crippen molar-refractivity contribution in [2.75, 3.05) is 19.1 Å². The second-order valence-corrected chi connectivity index (χ2v) is 7.65. The molecule has 1 aromatic rings. The van der Waals surface area contributed by atoms with Gasteiger partial charge in [-0.2, -0.15) is 0 Å². The second kappa shape index (κ2) is 6.83. The van der Waals surface area contributed by atoms with E-state index in [1.54, 1.807) is 12.1 Å². The molecule has 1 rings (SSSR count). The number of rotatable bonds is 7. The van der Waals surface area contributed by atoms with Crippen LogP contribution in [0.2, 0.25) is 0 Å². The Hall–Kier alpha value is -0.720. The summed E-state index contributed by atoms with van der Waals surface area (Å²) in [6.07, 6.45) is -1.08. The molecule has 0 unspecified atom stereocenters. The second-order valence-electron chi connectivity index (χ2n) is 4.42. The van der Waals surface area contributed by atoms with Gasteiger partial charge in [0.05, 0.1) is 0 Å². The Kier molecular flexibility index (Phi) is 5.91. The molecule has 0 saturated heterocycles. The largest absolute Gasteiger partial charge is 0.508 e. The van der Waals surface area contributed by atoms with Gasteiger partial charge in [-0.3, -0.25) is 14.0 Å². The fourth-order valence-corrected chi connectivity index (χ4v) is 3.34. The first kappa shape index (κ1) is 17.3. The van der Waals surface area contributed by atoms with Gasteiger partial charge in [0.2, 0.25) is 0 Å². The van der Waals surface area contributed by atoms with Crippen molar-refractivity contribution in [1.82, 2.24) is 4.90 Å². The summed E-state index contributed by atoms with van der Waals surface area (Å²) < 4.78 is 21.9. The van der Waals surface area contributed by atoms with Crippen LogP contribution in [0.4, 0.5) is 0 Å². The SMILES string of the molecule is O=P(O)(O)CN(CCc1ccc(O)cc1)CP(=O)(O)O. The maximum atomic E-state index is 11.0. The van der Waals surface area contributed by atoms with Crippen LogP contribution in [0.1, 0.15) is 5.56 Å². The molecule has 20 heavy (non-hydrogen) atoms. The van der Waals surface area contributed by atoms with Gasteiger partial charge in [-0.25, -0.2) is 0 Å². The van der Waals surface area contributed by atoms with Crippen molar-refractivity contribution < 1.29 is 33.8 Å². The van der Waals surface area contributed by atoms with Gasteiger partial charge in [0.1, 0.15) is 18.3 Å². The lowest BCUT2D eigenvalue weighted by atomic mass is 10.1. The summed E-state index contributed by atoms with van der Waals surface area (Å²) in [6.45, 7) is 0.0843. The summed E-state index contributed by atoms with van der Waals surface area (Å²) in [5.74, 6) is 0.0936. The van der Waals surface area contributed by atoms with E-state index < -0.39 is 27.8 Å². The lowest BCUT2D eigenvalue weighted by molar-refractivity contribution is 0.279. The van der Waals surface area contributed by atoms with Crippen LogP contribution in [-0.4, -0.2) is 48.7 Å². The lowest BCUT2D eigenvalue weighted by Crippen LogP contribution is -2.28. The Morgan fingerprint density at radius 3 is 1.75 bits per heavy atom. The van der Waals surface area contributed by atoms with Crippen molar-refractivity contribution in [3.05, 3.63) is 29.8 Å². The number of hydrogen-bond acceptors (Lipinski definition) is 4. The molecule has 114 valence electrons. The first-order valence-corrected chi connectivity index (χ1v) is 9.24. The molecule has 0 heterocycles. The highest BCUT2D eigenvalue weighted by Gasteiger charge is 2.25. The molecule has 0 saturated carbocycles. The summed E-state index contributed by atoms with van der Waals surface area (Å²) in [6, 6.07) is 6.18. The summed E-state index contributed by atoms with van der Waals surface area (Å²) in [5, 5.41) is 9.12. The third-order valence-electron chi connectivity index (χ3n) is 2.42. The van der Waals surface area contributed by atoms with E-state index in [2.05, 4.69) is 0 Å². The highest BCUT2D eigenvalue weighted by Crippen LogP contribution is 2.40. The monoisotopic (exact) mass is 325 g/mol. The Bertz CT molecular complexity index is 497. The Morgan fingerprint density at radius 2 is 1.35 bits per heavy atom. The lowest BCUT2D eigenvalue weighted by Gasteiger charge is -2.22. The average Bonchev–Trinajstić information content (AvgIpc) is 2.23. The Balaban J connectivity index is 2.66. The van der Waals surface area contributed by atoms with Gasteiger partial charge >= 0.3 is 15.2 Å². The third kappa shape index (κ3) is 7.77. The normalized spacial score (nSPS) is 12.8. The van der Waals surface area contributed by atoms with Crippen LogP contribution in [0.3, 0.4) is 0 Å². The molecule has 10 heteroatoms. The van der Waals surface area contributed by atoms with Gasteiger partial charge in [0, 0.05) is 6.54 Å². The summed E-state index contributed by atoms with van der Waals surface area (Å²) in [7, 11) is -8.79. The Morgan fingerprint density at radius 1 is 0.900 bits per heavy atom. The molecular formula is C10H17NO7P2. The van der Waals surface area contributed by atoms with Crippen LogP contribution in [-0.2, 0) is 15.6 Å². The molecule has 0 atom stereocenters. The molecule has 0 amide bonds. The minimum Gasteiger partial charge on any atom is -0.508 e. The molecule has 0 aromatic heterocycles. The first-order valence-electron chi connectivity index (χ1n) is 5.64. The molecule has 0 aliphatic rings. The molecule has 0 fully saturated rings. The zero-order chi connectivity index (χ0) is 15.4. The van der Waals surface area contributed by atoms with Crippen molar-refractivity contribution >= 4 is 15.2 Å². The van der Waals surface area contributed by atoms with Gasteiger partial charge in [-0.15, -0.1) is 0 Å². The van der Waals surface area contributed by atoms with E-state index in [0.29, 0.717) is 6.42 Å². The van der Waals surface area contributed by atoms with Crippen molar-refractivity contribution in [2.24, 2.45) is 0 Å². The maximum absolute atomic E-state index is 11.0. The smallest absolute Gasteiger partial charge is 0.339 e. The number of hydrogen-bond donors (Lipinski definition) is 5. The van der Waals surface area contributed by atoms with Crippen molar-refractivity contribution in [3.8, 4) is 5.75 Å². The molecular weight excluding hydrogens is 308 g/mol. The predicted molar refractivity (Wildman–Crippen MR) is 72.3 cm³/mol. The number of aromatic hydroxyl groups is 1. The first-order chi connectivity index (χ1) is 9.05. The minimum absolute atomic E-state index is 0.0843. The molecule has 5 N–H and O–H groups in total. The molecule has 0 spiro atoms. The van der Waals surface area contributed by atoms with Gasteiger partial charge in [-0.1, -0.05) is 12.1 Å². The van der Waals surface area contributed by atoms with Crippen LogP contribution >= 0.6 is 15.2 Å². The maximum Gasteiger partial charge on any atom is 0.339 e. The molecule has 1 aromatic carbocycles. The van der Waals surface area contributed by atoms with E-state index >= 15 is 0 Å². The zero-order valence-electron chi connectivity index (χ0n) is 10.5. The van der Waals surface area contributed by atoms with Gasteiger partial charge in [0.25, 0.3) is 0 Å². The molecule has 0 aliphatic heterocycles. The number of phenolic OH excluding ortho intramolecular Hbond substituents is 1. The van der Waals surface area contributed by atoms with E-state index in [9.17, 15) is 9.13 Å². The Labute approximate surface area is 116 Å². The zero-order valence-corrected chi connectivity index (χ0v) is 12.3. The van der Waals surface area contributed by atoms with Crippen LogP contribution in [0.15, 0.2) is 24.3 Å². The van der Waals surface area contributed by atoms with E-state index in [0.717, 1.165) is 10.5 Å². The summed E-state index contributed by atoms with van der Waals surface area (Å²) in [4.78, 5) is 36.6. The van der Waals surface area contributed by atoms with E-state index in [4.69, 9.17) is 24.7 Å². The summed E-state index contributed by atoms with van der Waals surface area (Å²) >= 11 is 0.